The first-order valence-corrected chi connectivity index (χ1v) is 3.62. The van der Waals surface area contributed by atoms with Crippen LogP contribution < -0.4 is 0 Å². The highest BCUT2D eigenvalue weighted by Gasteiger charge is 1.83. The van der Waals surface area contributed by atoms with E-state index >= 15 is 0 Å². The van der Waals surface area contributed by atoms with Crippen LogP contribution in [0, 0.1) is 0 Å². The van der Waals surface area contributed by atoms with Gasteiger partial charge in [-0.2, -0.15) is 0 Å². The topological polar surface area (TPSA) is 12.4 Å². The molecule has 0 saturated heterocycles. The van der Waals surface area contributed by atoms with E-state index in [1.54, 1.807) is 12.3 Å². The number of nitrogens with zero attached hydrogens (tertiary/aromatic N) is 1. The monoisotopic (exact) mass is 137 g/mol. The molecule has 0 bridgehead atoms. The standard InChI is InChI=1S/C9H15N/c1-4-6-8-10-9(3)7-5-2/h4,6,8H,1,5,7H2,2-3H3/b8-6-,10-9?. The van der Waals surface area contributed by atoms with E-state index in [0.29, 0.717) is 0 Å². The van der Waals surface area contributed by atoms with Crippen molar-refractivity contribution in [2.24, 2.45) is 4.99 Å². The minimum atomic E-state index is 1.08. The van der Waals surface area contributed by atoms with E-state index in [-0.39, 0.29) is 0 Å². The maximum absolute atomic E-state index is 4.17. The lowest BCUT2D eigenvalue weighted by molar-refractivity contribution is 0.987. The highest BCUT2D eigenvalue weighted by Crippen LogP contribution is 1.91. The van der Waals surface area contributed by atoms with E-state index in [0.717, 1.165) is 12.8 Å². The fourth-order valence-corrected chi connectivity index (χ4v) is 0.657. The van der Waals surface area contributed by atoms with Gasteiger partial charge in [-0.05, 0) is 19.4 Å². The van der Waals surface area contributed by atoms with Crippen LogP contribution in [-0.2, 0) is 0 Å². The van der Waals surface area contributed by atoms with E-state index in [9.17, 15) is 0 Å². The van der Waals surface area contributed by atoms with Gasteiger partial charge >= 0.3 is 0 Å². The number of allylic oxidation sites excluding steroid dienone is 2. The van der Waals surface area contributed by atoms with Gasteiger partial charge in [0.05, 0.1) is 0 Å². The lowest BCUT2D eigenvalue weighted by Gasteiger charge is -1.91. The summed E-state index contributed by atoms with van der Waals surface area (Å²) in [6, 6.07) is 0. The van der Waals surface area contributed by atoms with Gasteiger partial charge in [0.2, 0.25) is 0 Å². The summed E-state index contributed by atoms with van der Waals surface area (Å²) in [7, 11) is 0. The molecule has 0 radical (unpaired) electrons. The number of hydrogen-bond donors (Lipinski definition) is 0. The Labute approximate surface area is 63.2 Å². The summed E-state index contributed by atoms with van der Waals surface area (Å²) in [4.78, 5) is 4.17. The largest absolute Gasteiger partial charge is 0.266 e. The third-order valence-corrected chi connectivity index (χ3v) is 1.13. The highest BCUT2D eigenvalue weighted by molar-refractivity contribution is 5.82. The molecule has 0 saturated carbocycles. The molecule has 56 valence electrons. The van der Waals surface area contributed by atoms with E-state index in [1.807, 2.05) is 13.0 Å². The van der Waals surface area contributed by atoms with E-state index in [4.69, 9.17) is 0 Å². The summed E-state index contributed by atoms with van der Waals surface area (Å²) >= 11 is 0. The molecular formula is C9H15N. The van der Waals surface area contributed by atoms with Crippen LogP contribution in [0.5, 0.6) is 0 Å². The molecule has 10 heavy (non-hydrogen) atoms. The van der Waals surface area contributed by atoms with Gasteiger partial charge in [0.1, 0.15) is 0 Å². The number of hydrogen-bond acceptors (Lipinski definition) is 1. The predicted octanol–water partition coefficient (Wildman–Crippen LogP) is 2.95. The van der Waals surface area contributed by atoms with Gasteiger partial charge in [-0.15, -0.1) is 0 Å². The van der Waals surface area contributed by atoms with E-state index in [2.05, 4.69) is 18.5 Å². The van der Waals surface area contributed by atoms with Crippen LogP contribution in [0.15, 0.2) is 29.9 Å². The molecule has 1 heteroatoms. The van der Waals surface area contributed by atoms with Gasteiger partial charge in [0.15, 0.2) is 0 Å². The van der Waals surface area contributed by atoms with Crippen LogP contribution >= 0.6 is 0 Å². The molecule has 0 heterocycles. The van der Waals surface area contributed by atoms with E-state index in [1.165, 1.54) is 5.71 Å². The van der Waals surface area contributed by atoms with Crippen LogP contribution in [-0.4, -0.2) is 5.71 Å². The molecule has 0 aliphatic heterocycles. The van der Waals surface area contributed by atoms with Crippen molar-refractivity contribution in [2.45, 2.75) is 26.7 Å². The smallest absolute Gasteiger partial charge is 0.0266 e. The maximum atomic E-state index is 4.17. The van der Waals surface area contributed by atoms with Crippen LogP contribution in [0.4, 0.5) is 0 Å². The van der Waals surface area contributed by atoms with Crippen molar-refractivity contribution in [1.29, 1.82) is 0 Å². The van der Waals surface area contributed by atoms with Crippen molar-refractivity contribution >= 4 is 5.71 Å². The van der Waals surface area contributed by atoms with Gasteiger partial charge in [-0.1, -0.05) is 26.0 Å². The molecule has 0 amide bonds. The molecule has 0 aliphatic carbocycles. The first kappa shape index (κ1) is 9.15. The minimum Gasteiger partial charge on any atom is -0.266 e. The predicted molar refractivity (Wildman–Crippen MR) is 47.4 cm³/mol. The quantitative estimate of drug-likeness (QED) is 0.417. The Morgan fingerprint density at radius 2 is 2.30 bits per heavy atom. The molecule has 0 aromatic carbocycles. The Kier molecular flexibility index (Phi) is 5.74. The highest BCUT2D eigenvalue weighted by atomic mass is 14.7. The Bertz CT molecular complexity index is 143. The van der Waals surface area contributed by atoms with Crippen molar-refractivity contribution in [3.63, 3.8) is 0 Å². The van der Waals surface area contributed by atoms with Gasteiger partial charge in [-0.25, -0.2) is 0 Å². The molecule has 0 aliphatic rings. The molecule has 0 aromatic heterocycles. The van der Waals surface area contributed by atoms with Crippen molar-refractivity contribution < 1.29 is 0 Å². The fraction of sp³-hybridized carbons (Fsp3) is 0.444. The Hall–Kier alpha value is -0.850. The summed E-state index contributed by atoms with van der Waals surface area (Å²) < 4.78 is 0. The second-order valence-electron chi connectivity index (χ2n) is 2.19. The second-order valence-corrected chi connectivity index (χ2v) is 2.19. The zero-order valence-corrected chi connectivity index (χ0v) is 6.80. The number of aliphatic imine (C=N–C) groups is 1. The molecule has 0 spiro atoms. The Morgan fingerprint density at radius 1 is 1.60 bits per heavy atom. The molecular weight excluding hydrogens is 122 g/mol. The first-order chi connectivity index (χ1) is 4.81. The molecule has 0 aromatic rings. The van der Waals surface area contributed by atoms with E-state index < -0.39 is 0 Å². The van der Waals surface area contributed by atoms with Crippen LogP contribution in [0.3, 0.4) is 0 Å². The average Bonchev–Trinajstić information content (AvgIpc) is 1.89. The van der Waals surface area contributed by atoms with Crippen molar-refractivity contribution in [3.05, 3.63) is 24.9 Å². The van der Waals surface area contributed by atoms with Gasteiger partial charge < -0.3 is 0 Å². The summed E-state index contributed by atoms with van der Waals surface area (Å²) in [6.07, 6.45) is 7.58. The third kappa shape index (κ3) is 5.29. The summed E-state index contributed by atoms with van der Waals surface area (Å²) in [5.41, 5.74) is 1.18. The number of rotatable bonds is 4. The summed E-state index contributed by atoms with van der Waals surface area (Å²) in [5.74, 6) is 0. The minimum absolute atomic E-state index is 1.08. The second kappa shape index (κ2) is 6.27. The third-order valence-electron chi connectivity index (χ3n) is 1.13. The summed E-state index contributed by atoms with van der Waals surface area (Å²) in [5, 5.41) is 0. The molecule has 0 rings (SSSR count). The Morgan fingerprint density at radius 3 is 2.80 bits per heavy atom. The fourth-order valence-electron chi connectivity index (χ4n) is 0.657. The van der Waals surface area contributed by atoms with Gasteiger partial charge in [0.25, 0.3) is 0 Å². The summed E-state index contributed by atoms with van der Waals surface area (Å²) in [6.45, 7) is 7.74. The van der Waals surface area contributed by atoms with Crippen LogP contribution in [0.25, 0.3) is 0 Å². The first-order valence-electron chi connectivity index (χ1n) is 3.62. The van der Waals surface area contributed by atoms with Crippen molar-refractivity contribution in [1.82, 2.24) is 0 Å². The Balaban J connectivity index is 3.67. The van der Waals surface area contributed by atoms with Crippen molar-refractivity contribution in [2.75, 3.05) is 0 Å². The SMILES string of the molecule is C=C/C=C\N=C(C)CCC. The van der Waals surface area contributed by atoms with Crippen LogP contribution in [0.1, 0.15) is 26.7 Å². The normalized spacial score (nSPS) is 12.4. The zero-order valence-electron chi connectivity index (χ0n) is 6.80. The van der Waals surface area contributed by atoms with Gasteiger partial charge in [-0.3, -0.25) is 4.99 Å². The lowest BCUT2D eigenvalue weighted by atomic mass is 10.2. The molecule has 0 unspecified atom stereocenters. The molecule has 1 nitrogen and oxygen atoms in total. The maximum Gasteiger partial charge on any atom is 0.0266 e. The zero-order chi connectivity index (χ0) is 7.82. The lowest BCUT2D eigenvalue weighted by Crippen LogP contribution is -1.86. The molecule has 0 atom stereocenters. The van der Waals surface area contributed by atoms with Crippen LogP contribution in [0.2, 0.25) is 0 Å². The average molecular weight is 137 g/mol. The van der Waals surface area contributed by atoms with Crippen molar-refractivity contribution in [3.8, 4) is 0 Å². The van der Waals surface area contributed by atoms with Gasteiger partial charge in [0, 0.05) is 11.9 Å². The molecule has 0 N–H and O–H groups in total. The molecule has 0 fully saturated rings.